The normalized spacial score (nSPS) is 12.3. The molecule has 0 aliphatic heterocycles. The van der Waals surface area contributed by atoms with Crippen molar-refractivity contribution in [2.24, 2.45) is 0 Å². The Bertz CT molecular complexity index is 404. The largest absolute Gasteiger partial charge is 0.496 e. The molecule has 1 aromatic carbocycles. The lowest BCUT2D eigenvalue weighted by Crippen LogP contribution is -2.43. The van der Waals surface area contributed by atoms with Crippen LogP contribution in [0.3, 0.4) is 0 Å². The summed E-state index contributed by atoms with van der Waals surface area (Å²) in [5.74, 6) is 0.608. The second-order valence-corrected chi connectivity index (χ2v) is 4.18. The molecule has 0 aromatic heterocycles. The molecule has 106 valence electrons. The Morgan fingerprint density at radius 2 is 1.84 bits per heavy atom. The topological polar surface area (TPSA) is 56.8 Å². The molecule has 0 aliphatic carbocycles. The first-order valence-corrected chi connectivity index (χ1v) is 6.09. The zero-order chi connectivity index (χ0) is 14.3. The molecule has 0 aliphatic rings. The molecule has 1 atom stereocenters. The van der Waals surface area contributed by atoms with E-state index in [1.165, 1.54) is 14.2 Å². The van der Waals surface area contributed by atoms with Crippen LogP contribution in [-0.2, 0) is 20.7 Å². The lowest BCUT2D eigenvalue weighted by molar-refractivity contribution is -0.135. The van der Waals surface area contributed by atoms with Crippen LogP contribution in [0.1, 0.15) is 12.5 Å². The van der Waals surface area contributed by atoms with Gasteiger partial charge in [0.1, 0.15) is 5.75 Å². The van der Waals surface area contributed by atoms with Gasteiger partial charge in [-0.25, -0.2) is 0 Å². The summed E-state index contributed by atoms with van der Waals surface area (Å²) in [6, 6.07) is 7.22. The van der Waals surface area contributed by atoms with Gasteiger partial charge >= 0.3 is 0 Å². The number of carbonyl (C=O) groups is 1. The highest BCUT2D eigenvalue weighted by Gasteiger charge is 2.18. The van der Waals surface area contributed by atoms with E-state index in [2.05, 4.69) is 5.32 Å². The van der Waals surface area contributed by atoms with E-state index in [0.29, 0.717) is 5.75 Å². The molecule has 0 heterocycles. The van der Waals surface area contributed by atoms with E-state index in [1.807, 2.05) is 31.2 Å². The molecule has 1 rings (SSSR count). The van der Waals surface area contributed by atoms with Gasteiger partial charge in [-0.1, -0.05) is 18.2 Å². The molecule has 1 amide bonds. The van der Waals surface area contributed by atoms with Crippen LogP contribution in [0.2, 0.25) is 0 Å². The first-order chi connectivity index (χ1) is 9.12. The van der Waals surface area contributed by atoms with Crippen molar-refractivity contribution in [2.45, 2.75) is 25.7 Å². The highest BCUT2D eigenvalue weighted by Crippen LogP contribution is 2.17. The van der Waals surface area contributed by atoms with Crippen molar-refractivity contribution < 1.29 is 19.0 Å². The number of rotatable bonds is 7. The van der Waals surface area contributed by atoms with Gasteiger partial charge in [-0.3, -0.25) is 4.79 Å². The molecular weight excluding hydrogens is 246 g/mol. The number of benzene rings is 1. The molecule has 0 radical (unpaired) electrons. The first-order valence-electron chi connectivity index (χ1n) is 6.09. The maximum absolute atomic E-state index is 11.9. The third kappa shape index (κ3) is 4.54. The monoisotopic (exact) mass is 267 g/mol. The summed E-state index contributed by atoms with van der Waals surface area (Å²) >= 11 is 0. The van der Waals surface area contributed by atoms with Crippen LogP contribution in [0.5, 0.6) is 5.75 Å². The van der Waals surface area contributed by atoms with Gasteiger partial charge in [-0.05, 0) is 13.0 Å². The lowest BCUT2D eigenvalue weighted by Gasteiger charge is -2.22. The summed E-state index contributed by atoms with van der Waals surface area (Å²) in [4.78, 5) is 11.9. The molecule has 0 spiro atoms. The molecule has 1 N–H and O–H groups in total. The number of nitrogens with one attached hydrogen (secondary N) is 1. The van der Waals surface area contributed by atoms with E-state index >= 15 is 0 Å². The zero-order valence-electron chi connectivity index (χ0n) is 11.8. The van der Waals surface area contributed by atoms with Gasteiger partial charge in [-0.2, -0.15) is 0 Å². The Morgan fingerprint density at radius 1 is 1.21 bits per heavy atom. The minimum absolute atomic E-state index is 0.101. The molecule has 0 saturated carbocycles. The number of carbonyl (C=O) groups excluding carboxylic acids is 1. The summed E-state index contributed by atoms with van der Waals surface area (Å²) in [5, 5.41) is 2.84. The fraction of sp³-hybridized carbons (Fsp3) is 0.500. The number of ether oxygens (including phenoxy) is 3. The average molecular weight is 267 g/mol. The molecule has 0 bridgehead atoms. The summed E-state index contributed by atoms with van der Waals surface area (Å²) in [7, 11) is 4.67. The molecule has 5 nitrogen and oxygen atoms in total. The highest BCUT2D eigenvalue weighted by atomic mass is 16.7. The Hall–Kier alpha value is -1.59. The van der Waals surface area contributed by atoms with Gasteiger partial charge in [-0.15, -0.1) is 0 Å². The standard InChI is InChI=1S/C14H21NO4/c1-10(14(18-3)19-4)15-13(16)9-11-7-5-6-8-12(11)17-2/h5-8,10,14H,9H2,1-4H3,(H,15,16). The fourth-order valence-corrected chi connectivity index (χ4v) is 1.90. The summed E-state index contributed by atoms with van der Waals surface area (Å²) in [6.45, 7) is 1.83. The van der Waals surface area contributed by atoms with Crippen molar-refractivity contribution in [2.75, 3.05) is 21.3 Å². The molecule has 0 fully saturated rings. The quantitative estimate of drug-likeness (QED) is 0.758. The Kier molecular flexibility index (Phi) is 6.32. The van der Waals surface area contributed by atoms with E-state index in [1.54, 1.807) is 7.11 Å². The van der Waals surface area contributed by atoms with E-state index in [-0.39, 0.29) is 18.4 Å². The van der Waals surface area contributed by atoms with Crippen LogP contribution < -0.4 is 10.1 Å². The van der Waals surface area contributed by atoms with Gasteiger partial charge in [0.15, 0.2) is 6.29 Å². The van der Waals surface area contributed by atoms with Crippen LogP contribution in [0.25, 0.3) is 0 Å². The van der Waals surface area contributed by atoms with E-state index < -0.39 is 6.29 Å². The minimum atomic E-state index is -0.457. The van der Waals surface area contributed by atoms with E-state index in [0.717, 1.165) is 5.56 Å². The van der Waals surface area contributed by atoms with Crippen molar-refractivity contribution >= 4 is 5.91 Å². The SMILES string of the molecule is COc1ccccc1CC(=O)NC(C)C(OC)OC. The number of hydrogen-bond acceptors (Lipinski definition) is 4. The number of methoxy groups -OCH3 is 3. The van der Waals surface area contributed by atoms with Crippen LogP contribution in [-0.4, -0.2) is 39.6 Å². The summed E-state index contributed by atoms with van der Waals surface area (Å²) in [6.07, 6.45) is -0.198. The average Bonchev–Trinajstić information content (AvgIpc) is 2.40. The maximum atomic E-state index is 11.9. The second kappa shape index (κ2) is 7.76. The molecule has 1 unspecified atom stereocenters. The number of para-hydroxylation sites is 1. The van der Waals surface area contributed by atoms with Gasteiger partial charge in [0.2, 0.25) is 5.91 Å². The van der Waals surface area contributed by atoms with Gasteiger partial charge in [0.25, 0.3) is 0 Å². The van der Waals surface area contributed by atoms with Gasteiger partial charge < -0.3 is 19.5 Å². The molecule has 1 aromatic rings. The summed E-state index contributed by atoms with van der Waals surface area (Å²) in [5.41, 5.74) is 0.848. The predicted molar refractivity (Wildman–Crippen MR) is 72.1 cm³/mol. The maximum Gasteiger partial charge on any atom is 0.224 e. The minimum Gasteiger partial charge on any atom is -0.496 e. The van der Waals surface area contributed by atoms with Crippen molar-refractivity contribution in [3.05, 3.63) is 29.8 Å². The summed E-state index contributed by atoms with van der Waals surface area (Å²) < 4.78 is 15.4. The second-order valence-electron chi connectivity index (χ2n) is 4.18. The van der Waals surface area contributed by atoms with Crippen molar-refractivity contribution in [1.29, 1.82) is 0 Å². The predicted octanol–water partition coefficient (Wildman–Crippen LogP) is 1.36. The number of amides is 1. The van der Waals surface area contributed by atoms with Crippen LogP contribution in [0.15, 0.2) is 24.3 Å². The Morgan fingerprint density at radius 3 is 2.42 bits per heavy atom. The number of hydrogen-bond donors (Lipinski definition) is 1. The van der Waals surface area contributed by atoms with E-state index in [9.17, 15) is 4.79 Å². The first kappa shape index (κ1) is 15.5. The van der Waals surface area contributed by atoms with Crippen molar-refractivity contribution in [1.82, 2.24) is 5.32 Å². The Balaban J connectivity index is 2.60. The Labute approximate surface area is 113 Å². The van der Waals surface area contributed by atoms with Gasteiger partial charge in [0, 0.05) is 19.8 Å². The molecular formula is C14H21NO4. The van der Waals surface area contributed by atoms with Crippen LogP contribution in [0.4, 0.5) is 0 Å². The lowest BCUT2D eigenvalue weighted by atomic mass is 10.1. The van der Waals surface area contributed by atoms with Crippen molar-refractivity contribution in [3.8, 4) is 5.75 Å². The van der Waals surface area contributed by atoms with Crippen molar-refractivity contribution in [3.63, 3.8) is 0 Å². The zero-order valence-corrected chi connectivity index (χ0v) is 11.8. The smallest absolute Gasteiger partial charge is 0.224 e. The molecule has 0 saturated heterocycles. The molecule has 19 heavy (non-hydrogen) atoms. The highest BCUT2D eigenvalue weighted by molar-refractivity contribution is 5.79. The van der Waals surface area contributed by atoms with Crippen LogP contribution >= 0.6 is 0 Å². The van der Waals surface area contributed by atoms with E-state index in [4.69, 9.17) is 14.2 Å². The van der Waals surface area contributed by atoms with Gasteiger partial charge in [0.05, 0.1) is 19.6 Å². The third-order valence-corrected chi connectivity index (χ3v) is 2.81. The molecule has 5 heteroatoms. The third-order valence-electron chi connectivity index (χ3n) is 2.81. The van der Waals surface area contributed by atoms with Crippen LogP contribution in [0, 0.1) is 0 Å². The fourth-order valence-electron chi connectivity index (χ4n) is 1.90.